The average molecular weight is 289 g/mol. The van der Waals surface area contributed by atoms with E-state index in [2.05, 4.69) is 13.0 Å². The molecule has 3 aliphatic rings. The van der Waals surface area contributed by atoms with Crippen molar-refractivity contribution in [2.75, 3.05) is 0 Å². The first-order valence-electron chi connectivity index (χ1n) is 8.65. The summed E-state index contributed by atoms with van der Waals surface area (Å²) in [6.45, 7) is 2.24. The zero-order chi connectivity index (χ0) is 14.9. The van der Waals surface area contributed by atoms with Gasteiger partial charge in [-0.25, -0.2) is 0 Å². The third kappa shape index (κ3) is 2.48. The molecule has 0 aromatic rings. The van der Waals surface area contributed by atoms with Gasteiger partial charge in [-0.15, -0.1) is 0 Å². The van der Waals surface area contributed by atoms with Gasteiger partial charge in [-0.1, -0.05) is 6.92 Å². The van der Waals surface area contributed by atoms with Gasteiger partial charge >= 0.3 is 0 Å². The van der Waals surface area contributed by atoms with E-state index < -0.39 is 0 Å². The van der Waals surface area contributed by atoms with E-state index in [4.69, 9.17) is 10.00 Å². The summed E-state index contributed by atoms with van der Waals surface area (Å²) in [5.41, 5.74) is 1.66. The Morgan fingerprint density at radius 2 is 2.19 bits per heavy atom. The molecule has 1 heterocycles. The zero-order valence-electron chi connectivity index (χ0n) is 13.1. The first kappa shape index (κ1) is 14.9. The smallest absolute Gasteiger partial charge is 0.0985 e. The van der Waals surface area contributed by atoms with Crippen molar-refractivity contribution in [3.8, 4) is 6.07 Å². The molecule has 1 fully saturated rings. The molecule has 116 valence electrons. The van der Waals surface area contributed by atoms with E-state index in [1.807, 2.05) is 0 Å². The fraction of sp³-hybridized carbons (Fsp3) is 0.833. The van der Waals surface area contributed by atoms with Crippen LogP contribution in [0.5, 0.6) is 0 Å². The molecule has 3 heteroatoms. The van der Waals surface area contributed by atoms with Crippen LogP contribution in [0.4, 0.5) is 0 Å². The minimum absolute atomic E-state index is 0.116. The van der Waals surface area contributed by atoms with E-state index in [0.717, 1.165) is 57.8 Å². The number of hydrogen-bond acceptors (Lipinski definition) is 3. The van der Waals surface area contributed by atoms with E-state index in [9.17, 15) is 5.11 Å². The molecule has 0 bridgehead atoms. The number of aliphatic hydroxyl groups excluding tert-OH is 1. The molecule has 1 saturated carbocycles. The summed E-state index contributed by atoms with van der Waals surface area (Å²) in [5, 5.41) is 19.1. The lowest BCUT2D eigenvalue weighted by molar-refractivity contribution is -0.00893. The summed E-state index contributed by atoms with van der Waals surface area (Å²) in [6.07, 6.45) is 10.3. The van der Waals surface area contributed by atoms with Crippen molar-refractivity contribution in [1.29, 1.82) is 5.26 Å². The Bertz CT molecular complexity index is 464. The molecule has 1 aliphatic heterocycles. The summed E-state index contributed by atoms with van der Waals surface area (Å²) in [4.78, 5) is 0. The Morgan fingerprint density at radius 3 is 2.95 bits per heavy atom. The minimum atomic E-state index is -0.116. The fourth-order valence-corrected chi connectivity index (χ4v) is 4.99. The maximum atomic E-state index is 10.5. The van der Waals surface area contributed by atoms with Gasteiger partial charge in [0.2, 0.25) is 0 Å². The van der Waals surface area contributed by atoms with Crippen LogP contribution in [0.25, 0.3) is 0 Å². The molecule has 4 unspecified atom stereocenters. The first-order chi connectivity index (χ1) is 10.2. The third-order valence-electron chi connectivity index (χ3n) is 6.20. The van der Waals surface area contributed by atoms with Gasteiger partial charge in [0, 0.05) is 18.3 Å². The molecule has 0 saturated heterocycles. The number of allylic oxidation sites excluding steroid dienone is 2. The quantitative estimate of drug-likeness (QED) is 0.794. The van der Waals surface area contributed by atoms with Gasteiger partial charge in [-0.3, -0.25) is 0 Å². The van der Waals surface area contributed by atoms with Gasteiger partial charge < -0.3 is 9.84 Å². The minimum Gasteiger partial charge on any atom is -0.495 e. The summed E-state index contributed by atoms with van der Waals surface area (Å²) in [7, 11) is 0. The molecule has 4 atom stereocenters. The number of nitrogens with zero attached hydrogens (tertiary/aromatic N) is 1. The van der Waals surface area contributed by atoms with Crippen molar-refractivity contribution in [3.63, 3.8) is 0 Å². The Morgan fingerprint density at radius 1 is 1.33 bits per heavy atom. The van der Waals surface area contributed by atoms with Crippen LogP contribution in [0.2, 0.25) is 0 Å². The first-order valence-corrected chi connectivity index (χ1v) is 8.65. The van der Waals surface area contributed by atoms with E-state index in [1.54, 1.807) is 0 Å². The second-order valence-electron chi connectivity index (χ2n) is 7.01. The number of ether oxygens (including phenoxy) is 1. The predicted octanol–water partition coefficient (Wildman–Crippen LogP) is 4.07. The van der Waals surface area contributed by atoms with Gasteiger partial charge in [0.05, 0.1) is 24.0 Å². The van der Waals surface area contributed by atoms with E-state index in [0.29, 0.717) is 18.4 Å². The SMILES string of the molecule is CCC12CCC3=C(CCC(CCCC#N)O3)C1CCC2O. The van der Waals surface area contributed by atoms with Crippen molar-refractivity contribution in [3.05, 3.63) is 11.3 Å². The lowest BCUT2D eigenvalue weighted by Gasteiger charge is -2.45. The molecule has 0 spiro atoms. The highest BCUT2D eigenvalue weighted by molar-refractivity contribution is 5.25. The molecular weight excluding hydrogens is 262 g/mol. The van der Waals surface area contributed by atoms with Crippen molar-refractivity contribution < 1.29 is 9.84 Å². The highest BCUT2D eigenvalue weighted by Gasteiger charge is 2.52. The molecule has 1 N–H and O–H groups in total. The van der Waals surface area contributed by atoms with Crippen molar-refractivity contribution in [2.24, 2.45) is 11.3 Å². The topological polar surface area (TPSA) is 53.2 Å². The molecule has 0 radical (unpaired) electrons. The average Bonchev–Trinajstić information content (AvgIpc) is 2.85. The van der Waals surface area contributed by atoms with Gasteiger partial charge in [0.1, 0.15) is 0 Å². The number of fused-ring (bicyclic) bond motifs is 2. The maximum absolute atomic E-state index is 10.5. The Balaban J connectivity index is 1.72. The number of rotatable bonds is 4. The lowest BCUT2D eigenvalue weighted by atomic mass is 9.63. The number of hydrogen-bond donors (Lipinski definition) is 1. The molecular formula is C18H27NO2. The van der Waals surface area contributed by atoms with Gasteiger partial charge in [-0.05, 0) is 62.9 Å². The van der Waals surface area contributed by atoms with Crippen LogP contribution in [0.15, 0.2) is 11.3 Å². The predicted molar refractivity (Wildman–Crippen MR) is 81.3 cm³/mol. The monoisotopic (exact) mass is 289 g/mol. The number of aliphatic hydroxyl groups is 1. The van der Waals surface area contributed by atoms with Crippen LogP contribution < -0.4 is 0 Å². The molecule has 0 amide bonds. The molecule has 3 rings (SSSR count). The second-order valence-corrected chi connectivity index (χ2v) is 7.01. The molecule has 21 heavy (non-hydrogen) atoms. The van der Waals surface area contributed by atoms with Crippen molar-refractivity contribution in [1.82, 2.24) is 0 Å². The Labute approximate surface area is 128 Å². The summed E-state index contributed by atoms with van der Waals surface area (Å²) in [6, 6.07) is 2.22. The van der Waals surface area contributed by atoms with E-state index >= 15 is 0 Å². The third-order valence-corrected chi connectivity index (χ3v) is 6.20. The lowest BCUT2D eigenvalue weighted by Crippen LogP contribution is -2.40. The van der Waals surface area contributed by atoms with Gasteiger partial charge in [0.25, 0.3) is 0 Å². The summed E-state index contributed by atoms with van der Waals surface area (Å²) >= 11 is 0. The van der Waals surface area contributed by atoms with E-state index in [1.165, 1.54) is 11.3 Å². The summed E-state index contributed by atoms with van der Waals surface area (Å²) < 4.78 is 6.26. The second kappa shape index (κ2) is 6.01. The molecule has 0 aromatic heterocycles. The maximum Gasteiger partial charge on any atom is 0.0985 e. The van der Waals surface area contributed by atoms with Gasteiger partial charge in [0.15, 0.2) is 0 Å². The molecule has 2 aliphatic carbocycles. The number of nitriles is 1. The standard InChI is InChI=1S/C18H27NO2/c1-2-18-11-10-16-14(15(18)8-9-17(18)20)7-6-13(21-16)5-3-4-12-19/h13,15,17,20H,2-11H2,1H3. The van der Waals surface area contributed by atoms with Crippen LogP contribution in [-0.4, -0.2) is 17.3 Å². The Hall–Kier alpha value is -1.01. The van der Waals surface area contributed by atoms with Crippen LogP contribution in [0.1, 0.15) is 71.1 Å². The summed E-state index contributed by atoms with van der Waals surface area (Å²) in [5.74, 6) is 1.80. The highest BCUT2D eigenvalue weighted by atomic mass is 16.5. The van der Waals surface area contributed by atoms with Crippen molar-refractivity contribution >= 4 is 0 Å². The Kier molecular flexibility index (Phi) is 4.26. The molecule has 3 nitrogen and oxygen atoms in total. The molecule has 0 aromatic carbocycles. The van der Waals surface area contributed by atoms with Crippen LogP contribution in [-0.2, 0) is 4.74 Å². The van der Waals surface area contributed by atoms with Crippen molar-refractivity contribution in [2.45, 2.75) is 83.3 Å². The highest BCUT2D eigenvalue weighted by Crippen LogP contribution is 2.58. The normalized spacial score (nSPS) is 38.4. The van der Waals surface area contributed by atoms with Crippen LogP contribution in [0.3, 0.4) is 0 Å². The van der Waals surface area contributed by atoms with Crippen LogP contribution in [0, 0.1) is 22.7 Å². The zero-order valence-corrected chi connectivity index (χ0v) is 13.1. The number of unbranched alkanes of at least 4 members (excludes halogenated alkanes) is 1. The van der Waals surface area contributed by atoms with Crippen LogP contribution >= 0.6 is 0 Å². The van der Waals surface area contributed by atoms with Gasteiger partial charge in [-0.2, -0.15) is 5.26 Å². The fourth-order valence-electron chi connectivity index (χ4n) is 4.99. The van der Waals surface area contributed by atoms with E-state index in [-0.39, 0.29) is 11.5 Å². The largest absolute Gasteiger partial charge is 0.495 e.